The Labute approximate surface area is 481 Å². The minimum Gasteiger partial charge on any atom is -0.870 e. The van der Waals surface area contributed by atoms with Crippen LogP contribution in [-0.2, 0) is 33.1 Å². The van der Waals surface area contributed by atoms with Gasteiger partial charge in [-0.1, -0.05) is 91.3 Å². The summed E-state index contributed by atoms with van der Waals surface area (Å²) in [7, 11) is -6.27. The number of hydrogen-bond donors (Lipinski definition) is 4. The molecule has 0 spiro atoms. The molecule has 0 saturated heterocycles. The normalized spacial score (nSPS) is 11.5. The summed E-state index contributed by atoms with van der Waals surface area (Å²) in [4.78, 5) is 25.3. The maximum atomic E-state index is 13.4. The summed E-state index contributed by atoms with van der Waals surface area (Å²) in [6.07, 6.45) is 0.308. The molecule has 8 rings (SSSR count). The van der Waals surface area contributed by atoms with Crippen molar-refractivity contribution >= 4 is 160 Å². The number of hydrogen-bond acceptors (Lipinski definition) is 15. The van der Waals surface area contributed by atoms with Gasteiger partial charge in [0, 0.05) is 33.3 Å². The molecule has 0 aromatic heterocycles. The number of phenols is 1. The molecule has 0 atom stereocenters. The number of carbonyl (C=O) groups excluding carboxylic acids is 2. The predicted molar refractivity (Wildman–Crippen MR) is 284 cm³/mol. The molecule has 8 aromatic rings. The van der Waals surface area contributed by atoms with E-state index in [0.717, 1.165) is 6.07 Å². The standard InChI is InChI=1S/2C26H22ClN3O6S.Ba/c2*1-3-18-22(37(33,34)35)13-12-21(27)23(18)29-30-24-19-7-5-4-6-15(19)14-20(25(24)31)26(32)28-16-8-10-17(36-2)11-9-16;/h2*4-14,31H,3H2,1-2H3,(H,28,32)(H,33,34,35);/q;;+2/p-2. The van der Waals surface area contributed by atoms with Crippen molar-refractivity contribution in [2.24, 2.45) is 20.5 Å². The van der Waals surface area contributed by atoms with Crippen LogP contribution in [0.1, 0.15) is 45.7 Å². The van der Waals surface area contributed by atoms with Crippen LogP contribution in [0.15, 0.2) is 164 Å². The van der Waals surface area contributed by atoms with E-state index in [9.17, 15) is 45.7 Å². The Kier molecular flexibility index (Phi) is 19.3. The largest absolute Gasteiger partial charge is 2.00 e. The number of nitrogens with one attached hydrogen (secondary N) is 2. The van der Waals surface area contributed by atoms with E-state index >= 15 is 0 Å². The van der Waals surface area contributed by atoms with Crippen molar-refractivity contribution in [3.63, 3.8) is 0 Å². The summed E-state index contributed by atoms with van der Waals surface area (Å²) in [5.74, 6) is -1.11. The van der Waals surface area contributed by atoms with Gasteiger partial charge >= 0.3 is 48.9 Å². The van der Waals surface area contributed by atoms with Crippen LogP contribution < -0.4 is 25.2 Å². The van der Waals surface area contributed by atoms with Gasteiger partial charge < -0.3 is 34.9 Å². The van der Waals surface area contributed by atoms with Gasteiger partial charge in [0.1, 0.15) is 38.7 Å². The Hall–Kier alpha value is -6.41. The van der Waals surface area contributed by atoms with Gasteiger partial charge in [-0.2, -0.15) is 13.5 Å². The van der Waals surface area contributed by atoms with E-state index in [2.05, 4.69) is 31.1 Å². The molecule has 2 amide bonds. The molecular weight excluding hydrogens is 1170 g/mol. The second-order valence-corrected chi connectivity index (χ2v) is 19.4. The molecule has 0 saturated carbocycles. The zero-order chi connectivity index (χ0) is 53.5. The molecule has 0 unspecified atom stereocenters. The molecule has 0 fully saturated rings. The number of aromatic hydroxyl groups is 1. The van der Waals surface area contributed by atoms with Crippen molar-refractivity contribution in [2.75, 3.05) is 24.9 Å². The van der Waals surface area contributed by atoms with E-state index in [1.807, 2.05) is 0 Å². The summed E-state index contributed by atoms with van der Waals surface area (Å²) in [5, 5.41) is 48.6. The predicted octanol–water partition coefficient (Wildman–Crippen LogP) is 12.0. The Balaban J connectivity index is 0.000000241. The van der Waals surface area contributed by atoms with Crippen LogP contribution in [0, 0.1) is 0 Å². The number of azo groups is 2. The van der Waals surface area contributed by atoms with Crippen LogP contribution in [0.3, 0.4) is 0 Å². The molecule has 0 aliphatic heterocycles. The first-order valence-corrected chi connectivity index (χ1v) is 25.7. The Bertz CT molecular complexity index is 3530. The molecule has 4 N–H and O–H groups in total. The number of nitrogens with zero attached hydrogens (tertiary/aromatic N) is 4. The van der Waals surface area contributed by atoms with Crippen molar-refractivity contribution in [1.29, 1.82) is 0 Å². The number of anilines is 2. The first kappa shape index (κ1) is 57.9. The molecule has 23 heteroatoms. The zero-order valence-corrected chi connectivity index (χ0v) is 47.7. The van der Waals surface area contributed by atoms with Gasteiger partial charge in [-0.3, -0.25) is 14.1 Å². The summed E-state index contributed by atoms with van der Waals surface area (Å²) < 4.78 is 78.6. The Morgan fingerprint density at radius 1 is 0.587 bits per heavy atom. The summed E-state index contributed by atoms with van der Waals surface area (Å²) in [6.45, 7) is 3.31. The van der Waals surface area contributed by atoms with Crippen molar-refractivity contribution in [1.82, 2.24) is 0 Å². The maximum absolute atomic E-state index is 13.4. The van der Waals surface area contributed by atoms with Gasteiger partial charge in [0.25, 0.3) is 21.9 Å². The minimum atomic E-state index is -4.80. The molecule has 0 aliphatic rings. The van der Waals surface area contributed by atoms with E-state index in [1.165, 1.54) is 44.6 Å². The average Bonchev–Trinajstić information content (AvgIpc) is 3.38. The molecule has 75 heavy (non-hydrogen) atoms. The van der Waals surface area contributed by atoms with Crippen molar-refractivity contribution in [2.45, 2.75) is 36.5 Å². The quantitative estimate of drug-likeness (QED) is 0.0449. The number of benzene rings is 8. The fourth-order valence-electron chi connectivity index (χ4n) is 7.67. The van der Waals surface area contributed by atoms with Gasteiger partial charge in [-0.05, 0) is 114 Å². The molecule has 380 valence electrons. The Morgan fingerprint density at radius 3 is 1.44 bits per heavy atom. The van der Waals surface area contributed by atoms with Crippen molar-refractivity contribution in [3.05, 3.63) is 166 Å². The SMILES string of the molecule is CCc1c(S(=O)(=O)O)ccc(Cl)c1N=Nc1c(O)c(C(=O)Nc2ccc(OC)cc2)cc2ccccc12.CCc1c(S(=O)(=O)[O-])ccc(Cl)c1N=Nc1c([O-])c(C(=O)Nc2ccc(OC)cc2)cc2ccccc12.[Ba+2]. The van der Waals surface area contributed by atoms with E-state index in [0.29, 0.717) is 44.4 Å². The van der Waals surface area contributed by atoms with E-state index < -0.39 is 48.4 Å². The van der Waals surface area contributed by atoms with Crippen LogP contribution in [0.25, 0.3) is 21.5 Å². The number of methoxy groups -OCH3 is 2. The van der Waals surface area contributed by atoms with Gasteiger partial charge in [-0.25, -0.2) is 8.42 Å². The van der Waals surface area contributed by atoms with E-state index in [4.69, 9.17) is 32.7 Å². The number of ether oxygens (including phenoxy) is 2. The van der Waals surface area contributed by atoms with E-state index in [1.54, 1.807) is 111 Å². The number of halogens is 2. The third kappa shape index (κ3) is 13.3. The first-order valence-electron chi connectivity index (χ1n) is 22.1. The first-order chi connectivity index (χ1) is 35.3. The fraction of sp³-hybridized carbons (Fsp3) is 0.115. The van der Waals surface area contributed by atoms with Crippen LogP contribution in [-0.4, -0.2) is 106 Å². The minimum absolute atomic E-state index is 0. The molecule has 0 aliphatic carbocycles. The third-order valence-corrected chi connectivity index (χ3v) is 13.8. The molecule has 18 nitrogen and oxygen atoms in total. The van der Waals surface area contributed by atoms with E-state index in [-0.39, 0.29) is 122 Å². The summed E-state index contributed by atoms with van der Waals surface area (Å²) >= 11 is 12.5. The van der Waals surface area contributed by atoms with Crippen LogP contribution in [0.2, 0.25) is 10.0 Å². The third-order valence-electron chi connectivity index (χ3n) is 11.3. The van der Waals surface area contributed by atoms with Gasteiger partial charge in [-0.15, -0.1) is 15.3 Å². The molecule has 0 radical (unpaired) electrons. The molecular formula is C52H42BaCl2N6O12S2. The van der Waals surface area contributed by atoms with Crippen LogP contribution >= 0.6 is 23.2 Å². The smallest absolute Gasteiger partial charge is 0.870 e. The van der Waals surface area contributed by atoms with Crippen LogP contribution in [0.4, 0.5) is 34.1 Å². The monoisotopic (exact) mass is 1210 g/mol. The number of phenolic OH excluding ortho intramolecular Hbond substituents is 1. The number of amides is 2. The van der Waals surface area contributed by atoms with Crippen molar-refractivity contribution in [3.8, 4) is 23.0 Å². The van der Waals surface area contributed by atoms with Crippen LogP contribution in [0.5, 0.6) is 23.0 Å². The number of fused-ring (bicyclic) bond motifs is 2. The van der Waals surface area contributed by atoms with Crippen molar-refractivity contribution < 1.29 is 55.2 Å². The molecule has 0 heterocycles. The molecule has 8 aromatic carbocycles. The second kappa shape index (κ2) is 25.0. The average molecular weight is 1220 g/mol. The second-order valence-electron chi connectivity index (χ2n) is 15.8. The van der Waals surface area contributed by atoms with Gasteiger partial charge in [0.05, 0.1) is 45.3 Å². The summed E-state index contributed by atoms with van der Waals surface area (Å²) in [5.41, 5.74) is 0.818. The molecule has 0 bridgehead atoms. The van der Waals surface area contributed by atoms with Gasteiger partial charge in [0.15, 0.2) is 5.75 Å². The Morgan fingerprint density at radius 2 is 0.987 bits per heavy atom. The zero-order valence-electron chi connectivity index (χ0n) is 40.2. The maximum Gasteiger partial charge on any atom is 2.00 e. The fourth-order valence-corrected chi connectivity index (χ4v) is 9.67. The number of carbonyl (C=O) groups is 2. The number of rotatable bonds is 14. The summed E-state index contributed by atoms with van der Waals surface area (Å²) in [6, 6.07) is 34.9. The topological polar surface area (TPSA) is 281 Å². The van der Waals surface area contributed by atoms with Gasteiger partial charge in [0.2, 0.25) is 0 Å².